The molecule has 0 aliphatic rings. The summed E-state index contributed by atoms with van der Waals surface area (Å²) in [6.07, 6.45) is 3.01. The molecule has 1 heterocycles. The number of methoxy groups -OCH3 is 1. The van der Waals surface area contributed by atoms with Crippen LogP contribution in [0.3, 0.4) is 0 Å². The van der Waals surface area contributed by atoms with E-state index in [1.807, 2.05) is 0 Å². The van der Waals surface area contributed by atoms with Crippen LogP contribution in [0.4, 0.5) is 0 Å². The Bertz CT molecular complexity index is 1420. The Kier molecular flexibility index (Phi) is 6.70. The first kappa shape index (κ1) is 23.1. The number of Topliss-reactive ketones (excluding diaryl/α,β-unsaturated/α-hetero) is 1. The van der Waals surface area contributed by atoms with Gasteiger partial charge in [0.15, 0.2) is 11.2 Å². The summed E-state index contributed by atoms with van der Waals surface area (Å²) in [5, 5.41) is 0.942. The number of halogens is 1. The maximum atomic E-state index is 13.1. The SMILES string of the molecule is COc1ccc(-c2coc3cc(O/C(=C\N(C)C)C(=O)c4ccc(Cl)cc4)ccc3c2=O)cc1. The lowest BCUT2D eigenvalue weighted by Gasteiger charge is -2.13. The number of allylic oxidation sites excluding steroid dienone is 1. The molecule has 0 radical (unpaired) electrons. The smallest absolute Gasteiger partial charge is 0.229 e. The topological polar surface area (TPSA) is 69.0 Å². The van der Waals surface area contributed by atoms with Gasteiger partial charge in [0.25, 0.3) is 0 Å². The molecule has 4 rings (SSSR count). The third kappa shape index (κ3) is 4.97. The fraction of sp³-hybridized carbons (Fsp3) is 0.111. The fourth-order valence-electron chi connectivity index (χ4n) is 3.38. The lowest BCUT2D eigenvalue weighted by molar-refractivity contribution is 0.0982. The Morgan fingerprint density at radius 2 is 1.65 bits per heavy atom. The zero-order chi connectivity index (χ0) is 24.2. The van der Waals surface area contributed by atoms with E-state index in [-0.39, 0.29) is 17.0 Å². The predicted molar refractivity (Wildman–Crippen MR) is 133 cm³/mol. The molecule has 6 nitrogen and oxygen atoms in total. The fourth-order valence-corrected chi connectivity index (χ4v) is 3.50. The normalized spacial score (nSPS) is 11.4. The van der Waals surface area contributed by atoms with Crippen molar-refractivity contribution in [3.63, 3.8) is 0 Å². The second-order valence-electron chi connectivity index (χ2n) is 7.76. The molecule has 172 valence electrons. The molecule has 0 saturated carbocycles. The molecule has 7 heteroatoms. The largest absolute Gasteiger partial charge is 0.497 e. The summed E-state index contributed by atoms with van der Waals surface area (Å²) in [6.45, 7) is 0. The van der Waals surface area contributed by atoms with Crippen molar-refractivity contribution in [3.8, 4) is 22.6 Å². The van der Waals surface area contributed by atoms with E-state index in [0.29, 0.717) is 38.6 Å². The first-order valence-corrected chi connectivity index (χ1v) is 10.8. The van der Waals surface area contributed by atoms with Crippen LogP contribution in [0.15, 0.2) is 94.2 Å². The van der Waals surface area contributed by atoms with E-state index in [2.05, 4.69) is 0 Å². The molecule has 1 aromatic heterocycles. The van der Waals surface area contributed by atoms with Crippen LogP contribution in [-0.2, 0) is 0 Å². The maximum absolute atomic E-state index is 13.1. The third-order valence-corrected chi connectivity index (χ3v) is 5.33. The van der Waals surface area contributed by atoms with E-state index >= 15 is 0 Å². The summed E-state index contributed by atoms with van der Waals surface area (Å²) in [7, 11) is 5.17. The molecule has 0 atom stereocenters. The van der Waals surface area contributed by atoms with Crippen molar-refractivity contribution in [3.05, 3.63) is 106 Å². The van der Waals surface area contributed by atoms with Gasteiger partial charge in [0.1, 0.15) is 23.3 Å². The molecule has 0 amide bonds. The van der Waals surface area contributed by atoms with Gasteiger partial charge in [-0.25, -0.2) is 0 Å². The highest BCUT2D eigenvalue weighted by Crippen LogP contribution is 2.26. The third-order valence-electron chi connectivity index (χ3n) is 5.08. The molecule has 4 aromatic rings. The molecule has 0 fully saturated rings. The number of nitrogens with zero attached hydrogens (tertiary/aromatic N) is 1. The summed E-state index contributed by atoms with van der Waals surface area (Å²) < 4.78 is 16.8. The van der Waals surface area contributed by atoms with Crippen LogP contribution in [0.5, 0.6) is 11.5 Å². The number of fused-ring (bicyclic) bond motifs is 1. The molecule has 34 heavy (non-hydrogen) atoms. The molecule has 3 aromatic carbocycles. The first-order chi connectivity index (χ1) is 16.4. The van der Waals surface area contributed by atoms with Crippen molar-refractivity contribution < 1.29 is 18.7 Å². The maximum Gasteiger partial charge on any atom is 0.229 e. The van der Waals surface area contributed by atoms with Crippen molar-refractivity contribution in [1.82, 2.24) is 4.90 Å². The van der Waals surface area contributed by atoms with E-state index in [1.54, 1.807) is 99.0 Å². The summed E-state index contributed by atoms with van der Waals surface area (Å²) in [5.74, 6) is 0.874. The minimum absolute atomic E-state index is 0.115. The zero-order valence-corrected chi connectivity index (χ0v) is 19.6. The van der Waals surface area contributed by atoms with Gasteiger partial charge in [0, 0.05) is 36.9 Å². The van der Waals surface area contributed by atoms with Crippen molar-refractivity contribution in [1.29, 1.82) is 0 Å². The molecule has 0 N–H and O–H groups in total. The molecule has 0 spiro atoms. The summed E-state index contributed by atoms with van der Waals surface area (Å²) >= 11 is 5.94. The van der Waals surface area contributed by atoms with Crippen LogP contribution in [0.1, 0.15) is 10.4 Å². The van der Waals surface area contributed by atoms with Gasteiger partial charge in [0.05, 0.1) is 18.1 Å². The highest BCUT2D eigenvalue weighted by atomic mass is 35.5. The molecule has 0 saturated heterocycles. The summed E-state index contributed by atoms with van der Waals surface area (Å²) in [6, 6.07) is 18.6. The van der Waals surface area contributed by atoms with Crippen LogP contribution in [0.25, 0.3) is 22.1 Å². The van der Waals surface area contributed by atoms with Gasteiger partial charge in [0.2, 0.25) is 5.78 Å². The second kappa shape index (κ2) is 9.85. The number of ether oxygens (including phenoxy) is 2. The zero-order valence-electron chi connectivity index (χ0n) is 18.9. The average molecular weight is 476 g/mol. The van der Waals surface area contributed by atoms with Gasteiger partial charge in [-0.15, -0.1) is 0 Å². The summed E-state index contributed by atoms with van der Waals surface area (Å²) in [5.41, 5.74) is 1.78. The van der Waals surface area contributed by atoms with Crippen molar-refractivity contribution in [2.45, 2.75) is 0 Å². The average Bonchev–Trinajstić information content (AvgIpc) is 2.84. The number of benzene rings is 3. The van der Waals surface area contributed by atoms with Crippen LogP contribution in [0, 0.1) is 0 Å². The van der Waals surface area contributed by atoms with Gasteiger partial charge in [-0.2, -0.15) is 0 Å². The monoisotopic (exact) mass is 475 g/mol. The number of carbonyl (C=O) groups is 1. The second-order valence-corrected chi connectivity index (χ2v) is 8.20. The minimum atomic E-state index is -0.304. The van der Waals surface area contributed by atoms with E-state index in [9.17, 15) is 9.59 Å². The Morgan fingerprint density at radius 3 is 2.29 bits per heavy atom. The highest BCUT2D eigenvalue weighted by Gasteiger charge is 2.17. The number of hydrogen-bond donors (Lipinski definition) is 0. The quantitative estimate of drug-likeness (QED) is 0.191. The minimum Gasteiger partial charge on any atom is -0.497 e. The predicted octanol–water partition coefficient (Wildman–Crippen LogP) is 5.79. The molecule has 0 aliphatic heterocycles. The van der Waals surface area contributed by atoms with E-state index in [1.165, 1.54) is 6.26 Å². The number of carbonyl (C=O) groups excluding carboxylic acids is 1. The van der Waals surface area contributed by atoms with Crippen LogP contribution in [0.2, 0.25) is 5.02 Å². The van der Waals surface area contributed by atoms with Gasteiger partial charge in [-0.1, -0.05) is 23.7 Å². The van der Waals surface area contributed by atoms with Gasteiger partial charge in [-0.05, 0) is 54.1 Å². The van der Waals surface area contributed by atoms with Crippen molar-refractivity contribution in [2.24, 2.45) is 0 Å². The Morgan fingerprint density at radius 1 is 0.971 bits per heavy atom. The van der Waals surface area contributed by atoms with Crippen LogP contribution >= 0.6 is 11.6 Å². The molecule has 0 unspecified atom stereocenters. The molecular formula is C27H22ClNO5. The van der Waals surface area contributed by atoms with Gasteiger partial charge < -0.3 is 18.8 Å². The van der Waals surface area contributed by atoms with Crippen LogP contribution < -0.4 is 14.9 Å². The van der Waals surface area contributed by atoms with Crippen molar-refractivity contribution in [2.75, 3.05) is 21.2 Å². The molecular weight excluding hydrogens is 454 g/mol. The Labute approximate surface area is 201 Å². The van der Waals surface area contributed by atoms with Crippen LogP contribution in [-0.4, -0.2) is 31.9 Å². The van der Waals surface area contributed by atoms with Gasteiger partial charge in [-0.3, -0.25) is 9.59 Å². The number of ketones is 1. The number of rotatable bonds is 7. The Balaban J connectivity index is 1.66. The lowest BCUT2D eigenvalue weighted by atomic mass is 10.1. The molecule has 0 aliphatic carbocycles. The first-order valence-electron chi connectivity index (χ1n) is 10.4. The van der Waals surface area contributed by atoms with E-state index < -0.39 is 0 Å². The van der Waals surface area contributed by atoms with E-state index in [4.69, 9.17) is 25.5 Å². The highest BCUT2D eigenvalue weighted by molar-refractivity contribution is 6.30. The van der Waals surface area contributed by atoms with Crippen molar-refractivity contribution >= 4 is 28.4 Å². The Hall–Kier alpha value is -4.03. The number of hydrogen-bond acceptors (Lipinski definition) is 6. The van der Waals surface area contributed by atoms with E-state index in [0.717, 1.165) is 5.56 Å². The van der Waals surface area contributed by atoms with Gasteiger partial charge >= 0.3 is 0 Å². The molecule has 0 bridgehead atoms. The standard InChI is InChI=1S/C27H22ClNO5/c1-29(2)15-25(26(30)18-4-8-19(28)9-5-18)34-21-12-13-22-24(14-21)33-16-23(27(22)31)17-6-10-20(32-3)11-7-17/h4-16H,1-3H3/b25-15-. The summed E-state index contributed by atoms with van der Waals surface area (Å²) in [4.78, 5) is 27.8. The lowest BCUT2D eigenvalue weighted by Crippen LogP contribution is -2.14.